The summed E-state index contributed by atoms with van der Waals surface area (Å²) < 4.78 is 0. The molecule has 1 aromatic rings. The van der Waals surface area contributed by atoms with Gasteiger partial charge >= 0.3 is 0 Å². The third-order valence-corrected chi connectivity index (χ3v) is 3.30. The predicted octanol–water partition coefficient (Wildman–Crippen LogP) is 2.52. The van der Waals surface area contributed by atoms with Crippen molar-refractivity contribution < 1.29 is 10.0 Å². The van der Waals surface area contributed by atoms with Crippen LogP contribution in [0.3, 0.4) is 0 Å². The normalized spacial score (nSPS) is 12.2. The van der Waals surface area contributed by atoms with E-state index >= 15 is 0 Å². The smallest absolute Gasteiger partial charge is 0.293 e. The van der Waals surface area contributed by atoms with Gasteiger partial charge in [-0.3, -0.25) is 15.3 Å². The fraction of sp³-hybridized carbons (Fsp3) is 0.500. The molecule has 0 saturated heterocycles. The molecule has 1 rings (SSSR count). The average molecular weight is 285 g/mol. The third-order valence-electron chi connectivity index (χ3n) is 2.78. The van der Waals surface area contributed by atoms with E-state index in [1.807, 2.05) is 6.92 Å². The Bertz CT molecular complexity index is 423. The van der Waals surface area contributed by atoms with Gasteiger partial charge in [-0.15, -0.1) is 0 Å². The summed E-state index contributed by atoms with van der Waals surface area (Å²) in [4.78, 5) is 11.3. The lowest BCUT2D eigenvalue weighted by Gasteiger charge is -2.18. The lowest BCUT2D eigenvalue weighted by molar-refractivity contribution is -0.384. The maximum atomic E-state index is 11.1. The largest absolute Gasteiger partial charge is 0.396 e. The monoisotopic (exact) mass is 285 g/mol. The molecule has 0 fully saturated rings. The zero-order valence-corrected chi connectivity index (χ0v) is 11.7. The van der Waals surface area contributed by atoms with E-state index in [9.17, 15) is 10.1 Å². The summed E-state index contributed by atoms with van der Waals surface area (Å²) in [6.07, 6.45) is 2.37. The van der Waals surface area contributed by atoms with Crippen molar-refractivity contribution in [1.82, 2.24) is 0 Å². The molecule has 0 aliphatic rings. The van der Waals surface area contributed by atoms with E-state index in [4.69, 9.17) is 10.2 Å². The van der Waals surface area contributed by atoms with Gasteiger partial charge in [-0.25, -0.2) is 0 Å². The Hall–Kier alpha value is -1.31. The molecule has 1 atom stereocenters. The van der Waals surface area contributed by atoms with Crippen molar-refractivity contribution in [2.24, 2.45) is 5.14 Å². The van der Waals surface area contributed by atoms with E-state index in [-0.39, 0.29) is 18.3 Å². The maximum Gasteiger partial charge on any atom is 0.293 e. The first-order chi connectivity index (χ1) is 9.12. The number of nitro benzene ring substituents is 1. The van der Waals surface area contributed by atoms with Crippen LogP contribution in [-0.4, -0.2) is 22.7 Å². The molecule has 0 aromatic heterocycles. The van der Waals surface area contributed by atoms with Gasteiger partial charge in [0.05, 0.1) is 4.92 Å². The maximum absolute atomic E-state index is 11.1. The van der Waals surface area contributed by atoms with Gasteiger partial charge < -0.3 is 10.4 Å². The fourth-order valence-electron chi connectivity index (χ4n) is 1.87. The van der Waals surface area contributed by atoms with Gasteiger partial charge in [0.25, 0.3) is 5.69 Å². The molecule has 0 bridgehead atoms. The van der Waals surface area contributed by atoms with Crippen molar-refractivity contribution in [2.45, 2.75) is 37.1 Å². The van der Waals surface area contributed by atoms with Gasteiger partial charge in [0.2, 0.25) is 0 Å². The zero-order valence-electron chi connectivity index (χ0n) is 10.8. The highest BCUT2D eigenvalue weighted by atomic mass is 32.2. The summed E-state index contributed by atoms with van der Waals surface area (Å²) in [6.45, 7) is 2.09. The summed E-state index contributed by atoms with van der Waals surface area (Å²) >= 11 is 0.976. The van der Waals surface area contributed by atoms with E-state index in [1.165, 1.54) is 6.07 Å². The quantitative estimate of drug-likeness (QED) is 0.385. The van der Waals surface area contributed by atoms with Gasteiger partial charge in [-0.2, -0.15) is 0 Å². The SMILES string of the molecule is CCC[C@H](CCO)Nc1ccc(SN)cc1[N+](=O)[O-]. The van der Waals surface area contributed by atoms with Crippen molar-refractivity contribution >= 4 is 23.3 Å². The minimum Gasteiger partial charge on any atom is -0.396 e. The van der Waals surface area contributed by atoms with Gasteiger partial charge in [0, 0.05) is 23.6 Å². The Morgan fingerprint density at radius 1 is 1.53 bits per heavy atom. The number of nitro groups is 1. The predicted molar refractivity (Wildman–Crippen MR) is 77.2 cm³/mol. The number of nitrogens with one attached hydrogen (secondary N) is 1. The Labute approximate surface area is 116 Å². The van der Waals surface area contributed by atoms with Crippen LogP contribution in [0.15, 0.2) is 23.1 Å². The number of rotatable bonds is 8. The van der Waals surface area contributed by atoms with Crippen LogP contribution in [0.4, 0.5) is 11.4 Å². The van der Waals surface area contributed by atoms with Gasteiger partial charge in [0.1, 0.15) is 5.69 Å². The third kappa shape index (κ3) is 4.70. The molecule has 6 nitrogen and oxygen atoms in total. The number of nitrogens with two attached hydrogens (primary N) is 1. The minimum absolute atomic E-state index is 0.00879. The van der Waals surface area contributed by atoms with Gasteiger partial charge in [-0.05, 0) is 36.9 Å². The summed E-state index contributed by atoms with van der Waals surface area (Å²) in [5.41, 5.74) is 0.476. The van der Waals surface area contributed by atoms with Crippen LogP contribution in [0.25, 0.3) is 0 Å². The first-order valence-electron chi connectivity index (χ1n) is 6.15. The topological polar surface area (TPSA) is 101 Å². The Morgan fingerprint density at radius 2 is 2.26 bits per heavy atom. The van der Waals surface area contributed by atoms with Crippen LogP contribution in [0, 0.1) is 10.1 Å². The Morgan fingerprint density at radius 3 is 2.79 bits per heavy atom. The van der Waals surface area contributed by atoms with Crippen LogP contribution in [0.5, 0.6) is 0 Å². The highest BCUT2D eigenvalue weighted by molar-refractivity contribution is 7.97. The first-order valence-corrected chi connectivity index (χ1v) is 7.02. The van der Waals surface area contributed by atoms with Crippen LogP contribution in [0.1, 0.15) is 26.2 Å². The molecular formula is C12H19N3O3S. The number of aliphatic hydroxyl groups excluding tert-OH is 1. The minimum atomic E-state index is -0.427. The van der Waals surface area contributed by atoms with Crippen LogP contribution in [-0.2, 0) is 0 Å². The summed E-state index contributed by atoms with van der Waals surface area (Å²) in [7, 11) is 0. The molecule has 0 aliphatic carbocycles. The highest BCUT2D eigenvalue weighted by Crippen LogP contribution is 2.29. The lowest BCUT2D eigenvalue weighted by atomic mass is 10.1. The van der Waals surface area contributed by atoms with E-state index < -0.39 is 4.92 Å². The Balaban J connectivity index is 2.94. The summed E-state index contributed by atoms with van der Waals surface area (Å²) in [6, 6.07) is 4.88. The standard InChI is InChI=1S/C12H19N3O3S/c1-2-3-9(6-7-16)14-11-5-4-10(19-13)8-12(11)15(17)18/h4-5,8-9,14,16H,2-3,6-7,13H2,1H3/t9-/m1/s1. The Kier molecular flexibility index (Phi) is 6.61. The zero-order chi connectivity index (χ0) is 14.3. The molecule has 7 heteroatoms. The van der Waals surface area contributed by atoms with E-state index in [0.29, 0.717) is 17.0 Å². The van der Waals surface area contributed by atoms with Crippen LogP contribution >= 0.6 is 11.9 Å². The number of aliphatic hydroxyl groups is 1. The molecule has 0 aliphatic heterocycles. The number of benzene rings is 1. The molecular weight excluding hydrogens is 266 g/mol. The molecule has 0 spiro atoms. The fourth-order valence-corrected chi connectivity index (χ4v) is 2.20. The molecule has 0 saturated carbocycles. The average Bonchev–Trinajstić information content (AvgIpc) is 2.39. The molecule has 1 aromatic carbocycles. The summed E-state index contributed by atoms with van der Waals surface area (Å²) in [5, 5.41) is 28.6. The van der Waals surface area contributed by atoms with E-state index in [2.05, 4.69) is 5.32 Å². The van der Waals surface area contributed by atoms with Crippen molar-refractivity contribution in [3.63, 3.8) is 0 Å². The van der Waals surface area contributed by atoms with Crippen LogP contribution in [0.2, 0.25) is 0 Å². The number of anilines is 1. The highest BCUT2D eigenvalue weighted by Gasteiger charge is 2.17. The van der Waals surface area contributed by atoms with Crippen molar-refractivity contribution in [2.75, 3.05) is 11.9 Å². The molecule has 106 valence electrons. The first kappa shape index (κ1) is 15.7. The summed E-state index contributed by atoms with van der Waals surface area (Å²) in [5.74, 6) is 0. The molecule has 0 heterocycles. The second kappa shape index (κ2) is 7.98. The van der Waals surface area contributed by atoms with E-state index in [1.54, 1.807) is 12.1 Å². The molecule has 19 heavy (non-hydrogen) atoms. The second-order valence-corrected chi connectivity index (χ2v) is 4.90. The van der Waals surface area contributed by atoms with Crippen molar-refractivity contribution in [3.8, 4) is 0 Å². The van der Waals surface area contributed by atoms with Gasteiger partial charge in [-0.1, -0.05) is 13.3 Å². The number of nitrogens with zero attached hydrogens (tertiary/aromatic N) is 1. The lowest BCUT2D eigenvalue weighted by Crippen LogP contribution is -2.21. The van der Waals surface area contributed by atoms with Crippen molar-refractivity contribution in [1.29, 1.82) is 0 Å². The van der Waals surface area contributed by atoms with E-state index in [0.717, 1.165) is 24.8 Å². The molecule has 0 amide bonds. The molecule has 0 radical (unpaired) electrons. The van der Waals surface area contributed by atoms with Crippen LogP contribution < -0.4 is 10.5 Å². The van der Waals surface area contributed by atoms with Crippen molar-refractivity contribution in [3.05, 3.63) is 28.3 Å². The number of hydrogen-bond acceptors (Lipinski definition) is 6. The molecule has 4 N–H and O–H groups in total. The number of hydrogen-bond donors (Lipinski definition) is 3. The van der Waals surface area contributed by atoms with Gasteiger partial charge in [0.15, 0.2) is 0 Å². The molecule has 0 unspecified atom stereocenters. The second-order valence-electron chi connectivity index (χ2n) is 4.20.